The van der Waals surface area contributed by atoms with Gasteiger partial charge in [-0.1, -0.05) is 36.4 Å². The zero-order valence-corrected chi connectivity index (χ0v) is 14.9. The van der Waals surface area contributed by atoms with Crippen LogP contribution >= 0.6 is 0 Å². The van der Waals surface area contributed by atoms with Gasteiger partial charge in [-0.05, 0) is 38.8 Å². The molecule has 0 saturated heterocycles. The largest absolute Gasteiger partial charge is 0.444 e. The van der Waals surface area contributed by atoms with E-state index in [-0.39, 0.29) is 6.09 Å². The number of hydrogen-bond donors (Lipinski definition) is 0. The van der Waals surface area contributed by atoms with Crippen molar-refractivity contribution in [2.45, 2.75) is 32.8 Å². The molecule has 0 atom stereocenters. The van der Waals surface area contributed by atoms with E-state index in [0.29, 0.717) is 18.9 Å². The van der Waals surface area contributed by atoms with Gasteiger partial charge in [0.2, 0.25) is 0 Å². The molecular weight excluding hydrogens is 314 g/mol. The van der Waals surface area contributed by atoms with E-state index in [4.69, 9.17) is 4.74 Å². The van der Waals surface area contributed by atoms with E-state index in [2.05, 4.69) is 9.97 Å². The van der Waals surface area contributed by atoms with Crippen molar-refractivity contribution in [3.8, 4) is 11.4 Å². The highest BCUT2D eigenvalue weighted by Gasteiger charge is 2.24. The first-order valence-electron chi connectivity index (χ1n) is 8.48. The second-order valence-electron chi connectivity index (χ2n) is 7.04. The van der Waals surface area contributed by atoms with Gasteiger partial charge in [0.25, 0.3) is 0 Å². The number of ether oxygens (including phenoxy) is 1. The number of hydrogen-bond acceptors (Lipinski definition) is 4. The zero-order chi connectivity index (χ0) is 17.9. The summed E-state index contributed by atoms with van der Waals surface area (Å²) in [4.78, 5) is 22.9. The Labute approximate surface area is 148 Å². The molecule has 0 fully saturated rings. The second kappa shape index (κ2) is 7.05. The van der Waals surface area contributed by atoms with Crippen molar-refractivity contribution in [3.63, 3.8) is 0 Å². The van der Waals surface area contributed by atoms with E-state index < -0.39 is 5.60 Å². The van der Waals surface area contributed by atoms with Crippen LogP contribution in [0.15, 0.2) is 48.7 Å². The minimum absolute atomic E-state index is 0.268. The Bertz CT molecular complexity index is 779. The minimum atomic E-state index is -0.474. The first kappa shape index (κ1) is 17.1. The number of carbonyl (C=O) groups excluding carboxylic acids is 1. The standard InChI is InChI=1S/C20H23N3O2/c1-20(2,3)25-19(24)23-13-10-15(11-14-23)17-9-12-21-18(22-17)16-7-5-4-6-8-16/h4-10,12H,11,13-14H2,1-3H3. The van der Waals surface area contributed by atoms with Crippen LogP contribution in [0, 0.1) is 0 Å². The molecule has 5 nitrogen and oxygen atoms in total. The lowest BCUT2D eigenvalue weighted by molar-refractivity contribution is 0.0270. The van der Waals surface area contributed by atoms with Crippen LogP contribution in [0.2, 0.25) is 0 Å². The maximum Gasteiger partial charge on any atom is 0.410 e. The van der Waals surface area contributed by atoms with Gasteiger partial charge in [0, 0.05) is 24.8 Å². The molecule has 1 aromatic carbocycles. The Morgan fingerprint density at radius 3 is 2.56 bits per heavy atom. The molecule has 5 heteroatoms. The number of carbonyl (C=O) groups is 1. The van der Waals surface area contributed by atoms with Crippen molar-refractivity contribution >= 4 is 11.7 Å². The van der Waals surface area contributed by atoms with Crippen LogP contribution < -0.4 is 0 Å². The van der Waals surface area contributed by atoms with Crippen LogP contribution in [-0.4, -0.2) is 39.7 Å². The van der Waals surface area contributed by atoms with Gasteiger partial charge in [-0.2, -0.15) is 0 Å². The summed E-state index contributed by atoms with van der Waals surface area (Å²) in [6.45, 7) is 6.80. The molecule has 0 bridgehead atoms. The normalized spacial score (nSPS) is 14.8. The minimum Gasteiger partial charge on any atom is -0.444 e. The van der Waals surface area contributed by atoms with Crippen LogP contribution in [-0.2, 0) is 4.74 Å². The highest BCUT2D eigenvalue weighted by molar-refractivity contribution is 5.72. The van der Waals surface area contributed by atoms with Crippen molar-refractivity contribution in [2.75, 3.05) is 13.1 Å². The lowest BCUT2D eigenvalue weighted by Crippen LogP contribution is -2.39. The fourth-order valence-corrected chi connectivity index (χ4v) is 2.66. The van der Waals surface area contributed by atoms with Gasteiger partial charge in [0.1, 0.15) is 5.60 Å². The molecule has 1 aromatic heterocycles. The predicted molar refractivity (Wildman–Crippen MR) is 97.9 cm³/mol. The molecule has 1 aliphatic heterocycles. The summed E-state index contributed by atoms with van der Waals surface area (Å²) < 4.78 is 5.43. The first-order valence-corrected chi connectivity index (χ1v) is 8.48. The summed E-state index contributed by atoms with van der Waals surface area (Å²) in [5.41, 5.74) is 2.58. The summed E-state index contributed by atoms with van der Waals surface area (Å²) in [7, 11) is 0. The van der Waals surface area contributed by atoms with Crippen molar-refractivity contribution in [2.24, 2.45) is 0 Å². The third-order valence-electron chi connectivity index (χ3n) is 3.88. The van der Waals surface area contributed by atoms with Gasteiger partial charge < -0.3 is 9.64 Å². The second-order valence-corrected chi connectivity index (χ2v) is 7.04. The number of nitrogens with zero attached hydrogens (tertiary/aromatic N) is 3. The quantitative estimate of drug-likeness (QED) is 0.825. The molecule has 2 heterocycles. The van der Waals surface area contributed by atoms with Gasteiger partial charge in [0.15, 0.2) is 5.82 Å². The molecule has 0 saturated carbocycles. The van der Waals surface area contributed by atoms with E-state index >= 15 is 0 Å². The van der Waals surface area contributed by atoms with E-state index in [1.165, 1.54) is 0 Å². The van der Waals surface area contributed by atoms with Gasteiger partial charge >= 0.3 is 6.09 Å². The molecule has 0 spiro atoms. The van der Waals surface area contributed by atoms with Gasteiger partial charge in [-0.3, -0.25) is 0 Å². The molecule has 1 amide bonds. The smallest absolute Gasteiger partial charge is 0.410 e. The van der Waals surface area contributed by atoms with Crippen LogP contribution in [0.4, 0.5) is 4.79 Å². The van der Waals surface area contributed by atoms with Gasteiger partial charge in [-0.25, -0.2) is 14.8 Å². The lowest BCUT2D eigenvalue weighted by Gasteiger charge is -2.29. The Morgan fingerprint density at radius 1 is 1.16 bits per heavy atom. The van der Waals surface area contributed by atoms with Crippen LogP contribution in [0.25, 0.3) is 17.0 Å². The molecule has 3 rings (SSSR count). The SMILES string of the molecule is CC(C)(C)OC(=O)N1CC=C(c2ccnc(-c3ccccc3)n2)CC1. The Kier molecular flexibility index (Phi) is 4.83. The number of aromatic nitrogens is 2. The van der Waals surface area contributed by atoms with E-state index in [1.807, 2.05) is 63.2 Å². The molecule has 0 radical (unpaired) electrons. The van der Waals surface area contributed by atoms with Crippen molar-refractivity contribution < 1.29 is 9.53 Å². The number of amides is 1. The highest BCUT2D eigenvalue weighted by atomic mass is 16.6. The summed E-state index contributed by atoms with van der Waals surface area (Å²) in [5.74, 6) is 0.716. The van der Waals surface area contributed by atoms with Crippen molar-refractivity contribution in [3.05, 3.63) is 54.4 Å². The molecule has 1 aliphatic rings. The molecule has 0 unspecified atom stereocenters. The zero-order valence-electron chi connectivity index (χ0n) is 14.9. The molecule has 25 heavy (non-hydrogen) atoms. The van der Waals surface area contributed by atoms with Crippen LogP contribution in [0.1, 0.15) is 32.9 Å². The summed E-state index contributed by atoms with van der Waals surface area (Å²) >= 11 is 0. The first-order chi connectivity index (χ1) is 11.9. The average Bonchev–Trinajstić information content (AvgIpc) is 2.61. The third kappa shape index (κ3) is 4.44. The summed E-state index contributed by atoms with van der Waals surface area (Å²) in [5, 5.41) is 0. The predicted octanol–water partition coefficient (Wildman–Crippen LogP) is 4.17. The Balaban J connectivity index is 1.73. The fraction of sp³-hybridized carbons (Fsp3) is 0.350. The molecule has 2 aromatic rings. The number of rotatable bonds is 2. The Morgan fingerprint density at radius 2 is 1.92 bits per heavy atom. The monoisotopic (exact) mass is 337 g/mol. The lowest BCUT2D eigenvalue weighted by atomic mass is 10.0. The van der Waals surface area contributed by atoms with Crippen molar-refractivity contribution in [1.29, 1.82) is 0 Å². The van der Waals surface area contributed by atoms with E-state index in [0.717, 1.165) is 23.3 Å². The maximum atomic E-state index is 12.1. The molecule has 130 valence electrons. The van der Waals surface area contributed by atoms with E-state index in [1.54, 1.807) is 11.1 Å². The average molecular weight is 337 g/mol. The highest BCUT2D eigenvalue weighted by Crippen LogP contribution is 2.23. The van der Waals surface area contributed by atoms with Gasteiger partial charge in [0.05, 0.1) is 5.69 Å². The Hall–Kier alpha value is -2.69. The maximum absolute atomic E-state index is 12.1. The molecule has 0 N–H and O–H groups in total. The van der Waals surface area contributed by atoms with Crippen molar-refractivity contribution in [1.82, 2.24) is 14.9 Å². The third-order valence-corrected chi connectivity index (χ3v) is 3.88. The summed E-state index contributed by atoms with van der Waals surface area (Å²) in [6.07, 6.45) is 4.32. The molecular formula is C20H23N3O2. The van der Waals surface area contributed by atoms with Crippen LogP contribution in [0.3, 0.4) is 0 Å². The molecule has 0 aliphatic carbocycles. The van der Waals surface area contributed by atoms with E-state index in [9.17, 15) is 4.79 Å². The van der Waals surface area contributed by atoms with Crippen LogP contribution in [0.5, 0.6) is 0 Å². The summed E-state index contributed by atoms with van der Waals surface area (Å²) in [6, 6.07) is 11.8. The topological polar surface area (TPSA) is 55.3 Å². The number of benzene rings is 1. The fourth-order valence-electron chi connectivity index (χ4n) is 2.66. The van der Waals surface area contributed by atoms with Gasteiger partial charge in [-0.15, -0.1) is 0 Å².